The number of nitrogen functional groups attached to an aromatic ring is 1. The summed E-state index contributed by atoms with van der Waals surface area (Å²) >= 11 is 0. The molecule has 0 bridgehead atoms. The molecule has 3 aromatic rings. The minimum absolute atomic E-state index is 0.0282. The standard InChI is InChI=1S/C25H28N2O8/c1-12-17(33-24-19(29)18(28)21(32-4)25(2,3)35-24)9-8-13-11-16(23(31)34-20(12)13)27-22(30)14-6-5-7-15(26)10-14/h5-11,18-19,21,24,28-29H,26H2,1-4H3,(H,27,30)/t18-,19+,21+,24+/m0/s1. The number of aryl methyl sites for hydroxylation is 1. The highest BCUT2D eigenvalue weighted by atomic mass is 16.7. The highest BCUT2D eigenvalue weighted by Crippen LogP contribution is 2.35. The van der Waals surface area contributed by atoms with Crippen molar-refractivity contribution in [3.63, 3.8) is 0 Å². The van der Waals surface area contributed by atoms with E-state index in [4.69, 9.17) is 24.4 Å². The number of nitrogens with two attached hydrogens (primary N) is 1. The summed E-state index contributed by atoms with van der Waals surface area (Å²) in [7, 11) is 1.42. The van der Waals surface area contributed by atoms with Gasteiger partial charge in [0, 0.05) is 29.3 Å². The van der Waals surface area contributed by atoms with Crippen LogP contribution in [0.25, 0.3) is 11.0 Å². The van der Waals surface area contributed by atoms with E-state index in [-0.39, 0.29) is 11.3 Å². The van der Waals surface area contributed by atoms with Crippen molar-refractivity contribution in [1.82, 2.24) is 0 Å². The number of aliphatic hydroxyl groups excluding tert-OH is 2. The van der Waals surface area contributed by atoms with Crippen LogP contribution in [0.3, 0.4) is 0 Å². The first-order chi connectivity index (χ1) is 16.5. The number of carbonyl (C=O) groups excluding carboxylic acids is 1. The Hall–Kier alpha value is -3.44. The topological polar surface area (TPSA) is 153 Å². The second-order valence-electron chi connectivity index (χ2n) is 8.98. The number of rotatable bonds is 5. The molecule has 1 amide bonds. The van der Waals surface area contributed by atoms with Gasteiger partial charge in [0.1, 0.15) is 35.3 Å². The maximum absolute atomic E-state index is 12.6. The number of hydrogen-bond acceptors (Lipinski definition) is 9. The predicted molar refractivity (Wildman–Crippen MR) is 128 cm³/mol. The maximum atomic E-state index is 12.6. The van der Waals surface area contributed by atoms with Gasteiger partial charge in [-0.15, -0.1) is 0 Å². The van der Waals surface area contributed by atoms with Crippen LogP contribution in [0.2, 0.25) is 0 Å². The van der Waals surface area contributed by atoms with E-state index in [1.165, 1.54) is 19.2 Å². The molecule has 0 aliphatic carbocycles. The van der Waals surface area contributed by atoms with Crippen molar-refractivity contribution >= 4 is 28.3 Å². The molecule has 10 nitrogen and oxygen atoms in total. The zero-order chi connectivity index (χ0) is 25.5. The molecule has 4 atom stereocenters. The average molecular weight is 485 g/mol. The Morgan fingerprint density at radius 1 is 1.14 bits per heavy atom. The second kappa shape index (κ2) is 9.31. The summed E-state index contributed by atoms with van der Waals surface area (Å²) in [5.74, 6) is -0.209. The monoisotopic (exact) mass is 484 g/mol. The van der Waals surface area contributed by atoms with Gasteiger partial charge in [0.25, 0.3) is 5.91 Å². The number of methoxy groups -OCH3 is 1. The molecule has 0 spiro atoms. The lowest BCUT2D eigenvalue weighted by atomic mass is 9.89. The second-order valence-corrected chi connectivity index (χ2v) is 8.98. The summed E-state index contributed by atoms with van der Waals surface area (Å²) in [4.78, 5) is 25.1. The highest BCUT2D eigenvalue weighted by Gasteiger charge is 2.50. The minimum Gasteiger partial charge on any atom is -0.462 e. The fraction of sp³-hybridized carbons (Fsp3) is 0.360. The molecule has 0 saturated carbocycles. The van der Waals surface area contributed by atoms with E-state index in [9.17, 15) is 19.8 Å². The molecule has 1 saturated heterocycles. The zero-order valence-corrected chi connectivity index (χ0v) is 19.8. The van der Waals surface area contributed by atoms with Crippen molar-refractivity contribution in [3.8, 4) is 5.75 Å². The number of anilines is 2. The predicted octanol–water partition coefficient (Wildman–Crippen LogP) is 2.19. The van der Waals surface area contributed by atoms with Crippen LogP contribution in [0.5, 0.6) is 5.75 Å². The van der Waals surface area contributed by atoms with Crippen LogP contribution in [0.1, 0.15) is 29.8 Å². The maximum Gasteiger partial charge on any atom is 0.360 e. The summed E-state index contributed by atoms with van der Waals surface area (Å²) < 4.78 is 22.5. The van der Waals surface area contributed by atoms with Gasteiger partial charge >= 0.3 is 5.63 Å². The van der Waals surface area contributed by atoms with E-state index in [2.05, 4.69) is 5.32 Å². The third-order valence-electron chi connectivity index (χ3n) is 6.04. The van der Waals surface area contributed by atoms with Gasteiger partial charge in [0.2, 0.25) is 6.29 Å². The summed E-state index contributed by atoms with van der Waals surface area (Å²) in [6.07, 6.45) is -4.56. The van der Waals surface area contributed by atoms with Gasteiger partial charge in [0.15, 0.2) is 0 Å². The van der Waals surface area contributed by atoms with Gasteiger partial charge in [0.05, 0.1) is 5.60 Å². The van der Waals surface area contributed by atoms with Crippen LogP contribution >= 0.6 is 0 Å². The number of amides is 1. The van der Waals surface area contributed by atoms with E-state index in [1.54, 1.807) is 51.1 Å². The molecule has 4 rings (SSSR count). The van der Waals surface area contributed by atoms with E-state index in [1.807, 2.05) is 0 Å². The largest absolute Gasteiger partial charge is 0.462 e. The van der Waals surface area contributed by atoms with Crippen molar-refractivity contribution in [2.45, 2.75) is 51.0 Å². The number of ether oxygens (including phenoxy) is 3. The molecular weight excluding hydrogens is 456 g/mol. The van der Waals surface area contributed by atoms with Crippen LogP contribution in [-0.4, -0.2) is 53.4 Å². The summed E-state index contributed by atoms with van der Waals surface area (Å²) in [5, 5.41) is 24.1. The van der Waals surface area contributed by atoms with Gasteiger partial charge in [-0.05, 0) is 57.2 Å². The summed E-state index contributed by atoms with van der Waals surface area (Å²) in [6.45, 7) is 5.12. The van der Waals surface area contributed by atoms with Crippen molar-refractivity contribution in [2.75, 3.05) is 18.2 Å². The molecule has 0 unspecified atom stereocenters. The molecule has 2 aromatic carbocycles. The van der Waals surface area contributed by atoms with Gasteiger partial charge in [-0.2, -0.15) is 0 Å². The first-order valence-electron chi connectivity index (χ1n) is 11.0. The van der Waals surface area contributed by atoms with Crippen molar-refractivity contribution in [3.05, 3.63) is 64.0 Å². The smallest absolute Gasteiger partial charge is 0.360 e. The van der Waals surface area contributed by atoms with Crippen LogP contribution in [-0.2, 0) is 9.47 Å². The van der Waals surface area contributed by atoms with Crippen LogP contribution in [0, 0.1) is 6.92 Å². The Balaban J connectivity index is 1.60. The lowest BCUT2D eigenvalue weighted by Crippen LogP contribution is -2.63. The molecule has 1 aliphatic rings. The SMILES string of the molecule is CO[C@@H]1[C@@H](O)[C@@H](O)[C@H](Oc2ccc3cc(NC(=O)c4cccc(N)c4)c(=O)oc3c2C)OC1(C)C. The number of nitrogens with one attached hydrogen (secondary N) is 1. The molecule has 35 heavy (non-hydrogen) atoms. The van der Waals surface area contributed by atoms with E-state index < -0.39 is 41.7 Å². The number of carbonyl (C=O) groups is 1. The Morgan fingerprint density at radius 2 is 1.89 bits per heavy atom. The molecule has 5 N–H and O–H groups in total. The van der Waals surface area contributed by atoms with Gasteiger partial charge < -0.3 is 39.9 Å². The van der Waals surface area contributed by atoms with Crippen LogP contribution in [0.15, 0.2) is 51.7 Å². The normalized spacial score (nSPS) is 23.7. The highest BCUT2D eigenvalue weighted by molar-refractivity contribution is 6.05. The van der Waals surface area contributed by atoms with Gasteiger partial charge in [-0.25, -0.2) is 4.79 Å². The minimum atomic E-state index is -1.38. The van der Waals surface area contributed by atoms with Crippen molar-refractivity contribution in [1.29, 1.82) is 0 Å². The number of aliphatic hydroxyl groups is 2. The number of fused-ring (bicyclic) bond motifs is 1. The zero-order valence-electron chi connectivity index (χ0n) is 19.8. The molecule has 2 heterocycles. The lowest BCUT2D eigenvalue weighted by Gasteiger charge is -2.46. The first-order valence-corrected chi connectivity index (χ1v) is 11.0. The Bertz CT molecular complexity index is 1320. The van der Waals surface area contributed by atoms with Crippen molar-refractivity contribution in [2.24, 2.45) is 0 Å². The lowest BCUT2D eigenvalue weighted by molar-refractivity contribution is -0.306. The first kappa shape index (κ1) is 24.7. The summed E-state index contributed by atoms with van der Waals surface area (Å²) in [6, 6.07) is 11.1. The van der Waals surface area contributed by atoms with E-state index in [0.29, 0.717) is 28.0 Å². The Labute approximate surface area is 201 Å². The fourth-order valence-corrected chi connectivity index (χ4v) is 4.22. The average Bonchev–Trinajstić information content (AvgIpc) is 2.80. The molecule has 186 valence electrons. The molecule has 1 aliphatic heterocycles. The Morgan fingerprint density at radius 3 is 2.57 bits per heavy atom. The molecule has 0 radical (unpaired) electrons. The third kappa shape index (κ3) is 4.73. The summed E-state index contributed by atoms with van der Waals surface area (Å²) in [5.41, 5.74) is 5.45. The fourth-order valence-electron chi connectivity index (χ4n) is 4.22. The molecule has 1 fully saturated rings. The Kier molecular flexibility index (Phi) is 6.56. The van der Waals surface area contributed by atoms with E-state index >= 15 is 0 Å². The number of hydrogen-bond donors (Lipinski definition) is 4. The molecule has 10 heteroatoms. The quantitative estimate of drug-likeness (QED) is 0.315. The molecular formula is C25H28N2O8. The van der Waals surface area contributed by atoms with Crippen LogP contribution in [0.4, 0.5) is 11.4 Å². The van der Waals surface area contributed by atoms with Crippen molar-refractivity contribution < 1.29 is 33.6 Å². The molecule has 1 aromatic heterocycles. The number of benzene rings is 2. The van der Waals surface area contributed by atoms with Gasteiger partial charge in [-0.1, -0.05) is 6.07 Å². The van der Waals surface area contributed by atoms with Crippen LogP contribution < -0.4 is 21.4 Å². The van der Waals surface area contributed by atoms with Gasteiger partial charge in [-0.3, -0.25) is 4.79 Å². The van der Waals surface area contributed by atoms with E-state index in [0.717, 1.165) is 0 Å². The third-order valence-corrected chi connectivity index (χ3v) is 6.04.